The van der Waals surface area contributed by atoms with Gasteiger partial charge in [0.25, 0.3) is 0 Å². The summed E-state index contributed by atoms with van der Waals surface area (Å²) in [5.74, 6) is 1.93. The Morgan fingerprint density at radius 2 is 0.619 bits per heavy atom. The van der Waals surface area contributed by atoms with Gasteiger partial charge in [-0.05, 0) is 57.6 Å². The second kappa shape index (κ2) is 11.4. The van der Waals surface area contributed by atoms with Gasteiger partial charge in [0, 0.05) is 29.1 Å². The summed E-state index contributed by atoms with van der Waals surface area (Å²) in [4.78, 5) is 18.9. The Morgan fingerprint density at radius 3 is 1.19 bits per heavy atom. The van der Waals surface area contributed by atoms with Gasteiger partial charge in [0.05, 0.1) is 0 Å². The second-order valence-corrected chi connectivity index (χ2v) is 10.0. The van der Waals surface area contributed by atoms with Crippen LogP contribution in [0.2, 0.25) is 0 Å². The van der Waals surface area contributed by atoms with Gasteiger partial charge in [0.1, 0.15) is 0 Å². The van der Waals surface area contributed by atoms with Crippen LogP contribution in [0.3, 0.4) is 0 Å². The van der Waals surface area contributed by atoms with Crippen molar-refractivity contribution in [2.45, 2.75) is 0 Å². The number of pyridine rings is 1. The van der Waals surface area contributed by atoms with Gasteiger partial charge in [-0.15, -0.1) is 0 Å². The molecule has 2 aromatic heterocycles. The van der Waals surface area contributed by atoms with Gasteiger partial charge >= 0.3 is 0 Å². The topological polar surface area (TPSA) is 51.6 Å². The Labute approximate surface area is 245 Å². The van der Waals surface area contributed by atoms with E-state index >= 15 is 0 Å². The molecule has 0 saturated heterocycles. The highest BCUT2D eigenvalue weighted by atomic mass is 15.0. The van der Waals surface area contributed by atoms with E-state index in [4.69, 9.17) is 15.0 Å². The standard InChI is InChI=1S/C38H26N4/c1-3-9-27(10-4-1)34-15-8-16-35(26-34)38-41-36(30-11-5-2-6-12-30)40-37(42-38)31-19-17-28(18-20-31)32-13-7-14-33(25-32)29-21-23-39-24-22-29/h1-26H. The van der Waals surface area contributed by atoms with Crippen molar-refractivity contribution in [1.29, 1.82) is 0 Å². The predicted octanol–water partition coefficient (Wildman–Crippen LogP) is 9.27. The summed E-state index contributed by atoms with van der Waals surface area (Å²) in [5, 5.41) is 0. The zero-order valence-electron chi connectivity index (χ0n) is 22.8. The molecule has 0 amide bonds. The highest BCUT2D eigenvalue weighted by molar-refractivity contribution is 5.76. The molecule has 0 atom stereocenters. The van der Waals surface area contributed by atoms with E-state index in [2.05, 4.69) is 102 Å². The largest absolute Gasteiger partial charge is 0.265 e. The van der Waals surface area contributed by atoms with Gasteiger partial charge in [-0.3, -0.25) is 4.98 Å². The predicted molar refractivity (Wildman–Crippen MR) is 170 cm³/mol. The fourth-order valence-electron chi connectivity index (χ4n) is 5.05. The van der Waals surface area contributed by atoms with Crippen molar-refractivity contribution in [2.24, 2.45) is 0 Å². The van der Waals surface area contributed by atoms with Gasteiger partial charge < -0.3 is 0 Å². The summed E-state index contributed by atoms with van der Waals surface area (Å²) in [5.41, 5.74) is 9.68. The number of benzene rings is 5. The molecule has 42 heavy (non-hydrogen) atoms. The minimum Gasteiger partial charge on any atom is -0.265 e. The van der Waals surface area contributed by atoms with Gasteiger partial charge in [-0.1, -0.05) is 121 Å². The summed E-state index contributed by atoms with van der Waals surface area (Å²) in [6.07, 6.45) is 3.64. The zero-order chi connectivity index (χ0) is 28.1. The van der Waals surface area contributed by atoms with E-state index in [1.54, 1.807) is 0 Å². The third-order valence-corrected chi connectivity index (χ3v) is 7.25. The molecule has 0 aliphatic carbocycles. The maximum atomic E-state index is 4.96. The molecule has 7 rings (SSSR count). The molecular weight excluding hydrogens is 512 g/mol. The van der Waals surface area contributed by atoms with Crippen LogP contribution >= 0.6 is 0 Å². The average molecular weight is 539 g/mol. The molecule has 0 unspecified atom stereocenters. The summed E-state index contributed by atoms with van der Waals surface area (Å²) >= 11 is 0. The number of aromatic nitrogens is 4. The maximum absolute atomic E-state index is 4.96. The van der Waals surface area contributed by atoms with Crippen LogP contribution in [-0.2, 0) is 0 Å². The summed E-state index contributed by atoms with van der Waals surface area (Å²) in [7, 11) is 0. The lowest BCUT2D eigenvalue weighted by atomic mass is 9.99. The lowest BCUT2D eigenvalue weighted by Gasteiger charge is -2.10. The van der Waals surface area contributed by atoms with Crippen LogP contribution in [0.4, 0.5) is 0 Å². The SMILES string of the molecule is c1ccc(-c2cccc(-c3nc(-c4ccccc4)nc(-c4ccc(-c5cccc(-c6ccncc6)c5)cc4)n3)c2)cc1. The Balaban J connectivity index is 1.28. The number of hydrogen-bond donors (Lipinski definition) is 0. The molecule has 0 fully saturated rings. The van der Waals surface area contributed by atoms with E-state index in [0.717, 1.165) is 50.1 Å². The highest BCUT2D eigenvalue weighted by Gasteiger charge is 2.13. The summed E-state index contributed by atoms with van der Waals surface area (Å²) in [6.45, 7) is 0. The van der Waals surface area contributed by atoms with Gasteiger partial charge in [0.15, 0.2) is 17.5 Å². The lowest BCUT2D eigenvalue weighted by Crippen LogP contribution is -2.00. The lowest BCUT2D eigenvalue weighted by molar-refractivity contribution is 1.07. The molecular formula is C38H26N4. The minimum atomic E-state index is 0.640. The van der Waals surface area contributed by atoms with Crippen LogP contribution in [0.25, 0.3) is 67.5 Å². The monoisotopic (exact) mass is 538 g/mol. The van der Waals surface area contributed by atoms with Crippen molar-refractivity contribution < 1.29 is 0 Å². The van der Waals surface area contributed by atoms with Crippen LogP contribution in [-0.4, -0.2) is 19.9 Å². The van der Waals surface area contributed by atoms with Crippen LogP contribution < -0.4 is 0 Å². The summed E-state index contributed by atoms with van der Waals surface area (Å²) in [6, 6.07) is 49.8. The van der Waals surface area contributed by atoms with Gasteiger partial charge in [0.2, 0.25) is 0 Å². The molecule has 0 N–H and O–H groups in total. The first-order chi connectivity index (χ1) is 20.8. The minimum absolute atomic E-state index is 0.640. The molecule has 198 valence electrons. The van der Waals surface area contributed by atoms with Crippen molar-refractivity contribution in [2.75, 3.05) is 0 Å². The van der Waals surface area contributed by atoms with E-state index in [9.17, 15) is 0 Å². The molecule has 0 spiro atoms. The molecule has 7 aromatic rings. The zero-order valence-corrected chi connectivity index (χ0v) is 22.8. The molecule has 0 aliphatic heterocycles. The number of rotatable bonds is 6. The fourth-order valence-corrected chi connectivity index (χ4v) is 5.05. The summed E-state index contributed by atoms with van der Waals surface area (Å²) < 4.78 is 0. The maximum Gasteiger partial charge on any atom is 0.164 e. The number of nitrogens with zero attached hydrogens (tertiary/aromatic N) is 4. The van der Waals surface area contributed by atoms with E-state index in [0.29, 0.717) is 17.5 Å². The van der Waals surface area contributed by atoms with Crippen LogP contribution in [0, 0.1) is 0 Å². The quantitative estimate of drug-likeness (QED) is 0.212. The second-order valence-electron chi connectivity index (χ2n) is 10.0. The van der Waals surface area contributed by atoms with Crippen molar-refractivity contribution in [3.05, 3.63) is 158 Å². The third-order valence-electron chi connectivity index (χ3n) is 7.25. The van der Waals surface area contributed by atoms with Crippen molar-refractivity contribution >= 4 is 0 Å². The first-order valence-electron chi connectivity index (χ1n) is 13.9. The third kappa shape index (κ3) is 5.34. The van der Waals surface area contributed by atoms with E-state index < -0.39 is 0 Å². The normalized spacial score (nSPS) is 10.9. The van der Waals surface area contributed by atoms with Crippen LogP contribution in [0.15, 0.2) is 158 Å². The van der Waals surface area contributed by atoms with Crippen LogP contribution in [0.5, 0.6) is 0 Å². The highest BCUT2D eigenvalue weighted by Crippen LogP contribution is 2.30. The van der Waals surface area contributed by atoms with Gasteiger partial charge in [-0.2, -0.15) is 0 Å². The molecule has 0 bridgehead atoms. The average Bonchev–Trinajstić information content (AvgIpc) is 3.09. The van der Waals surface area contributed by atoms with Crippen molar-refractivity contribution in [3.63, 3.8) is 0 Å². The Kier molecular flexibility index (Phi) is 6.85. The first-order valence-corrected chi connectivity index (χ1v) is 13.9. The molecule has 0 saturated carbocycles. The molecule has 0 aliphatic rings. The Morgan fingerprint density at radius 1 is 0.262 bits per heavy atom. The first kappa shape index (κ1) is 25.2. The van der Waals surface area contributed by atoms with E-state index in [1.165, 1.54) is 0 Å². The molecule has 2 heterocycles. The molecule has 4 nitrogen and oxygen atoms in total. The van der Waals surface area contributed by atoms with Crippen molar-refractivity contribution in [1.82, 2.24) is 19.9 Å². The van der Waals surface area contributed by atoms with E-state index in [1.807, 2.05) is 60.9 Å². The van der Waals surface area contributed by atoms with Gasteiger partial charge in [-0.25, -0.2) is 15.0 Å². The molecule has 0 radical (unpaired) electrons. The van der Waals surface area contributed by atoms with Crippen LogP contribution in [0.1, 0.15) is 0 Å². The Bertz CT molecular complexity index is 1950. The van der Waals surface area contributed by atoms with Crippen molar-refractivity contribution in [3.8, 4) is 67.5 Å². The number of hydrogen-bond acceptors (Lipinski definition) is 4. The Hall–Kier alpha value is -5.74. The molecule has 4 heteroatoms. The van der Waals surface area contributed by atoms with E-state index in [-0.39, 0.29) is 0 Å². The molecule has 5 aromatic carbocycles. The fraction of sp³-hybridized carbons (Fsp3) is 0. The smallest absolute Gasteiger partial charge is 0.164 e.